The largest absolute Gasteiger partial charge is 0.359 e. The van der Waals surface area contributed by atoms with Crippen LogP contribution in [0.25, 0.3) is 0 Å². The molecule has 0 spiro atoms. The van der Waals surface area contributed by atoms with Crippen molar-refractivity contribution < 1.29 is 9.32 Å². The van der Waals surface area contributed by atoms with Crippen molar-refractivity contribution >= 4 is 29.3 Å². The molecule has 1 heterocycles. The number of nitrogens with one attached hydrogen (secondary N) is 1. The van der Waals surface area contributed by atoms with Crippen molar-refractivity contribution in [3.05, 3.63) is 52.4 Å². The Labute approximate surface area is 139 Å². The summed E-state index contributed by atoms with van der Waals surface area (Å²) < 4.78 is 5.22. The lowest BCUT2D eigenvalue weighted by Crippen LogP contribution is -2.28. The van der Waals surface area contributed by atoms with E-state index in [4.69, 9.17) is 16.1 Å². The van der Waals surface area contributed by atoms with E-state index in [1.807, 2.05) is 44.2 Å². The normalized spacial score (nSPS) is 12.1. The Kier molecular flexibility index (Phi) is 6.34. The minimum Gasteiger partial charge on any atom is -0.359 e. The van der Waals surface area contributed by atoms with Crippen LogP contribution in [0.4, 0.5) is 0 Å². The van der Waals surface area contributed by atoms with Crippen molar-refractivity contribution in [1.29, 1.82) is 0 Å². The van der Waals surface area contributed by atoms with Crippen molar-refractivity contribution in [1.82, 2.24) is 10.5 Å². The molecule has 1 atom stereocenters. The van der Waals surface area contributed by atoms with Crippen LogP contribution < -0.4 is 5.32 Å². The molecule has 1 aromatic carbocycles. The molecule has 0 unspecified atom stereocenters. The molecular weight excluding hydrogens is 320 g/mol. The first-order valence-electron chi connectivity index (χ1n) is 7.16. The lowest BCUT2D eigenvalue weighted by atomic mass is 10.2. The highest BCUT2D eigenvalue weighted by molar-refractivity contribution is 7.99. The topological polar surface area (TPSA) is 55.1 Å². The molecule has 2 aromatic rings. The first-order valence-corrected chi connectivity index (χ1v) is 8.69. The van der Waals surface area contributed by atoms with Gasteiger partial charge in [0.15, 0.2) is 5.76 Å². The van der Waals surface area contributed by atoms with Crippen LogP contribution in [-0.4, -0.2) is 16.8 Å². The fourth-order valence-electron chi connectivity index (χ4n) is 1.92. The lowest BCUT2D eigenvalue weighted by molar-refractivity contribution is -0.119. The quantitative estimate of drug-likeness (QED) is 0.829. The summed E-state index contributed by atoms with van der Waals surface area (Å²) in [6.45, 7) is 3.90. The number of hydrogen-bond donors (Lipinski definition) is 1. The van der Waals surface area contributed by atoms with Gasteiger partial charge in [0.1, 0.15) is 0 Å². The number of rotatable bonds is 7. The first kappa shape index (κ1) is 16.9. The number of nitrogens with zero attached hydrogens (tertiary/aromatic N) is 1. The highest BCUT2D eigenvalue weighted by atomic mass is 35.5. The van der Waals surface area contributed by atoms with Crippen molar-refractivity contribution in [3.63, 3.8) is 0 Å². The Balaban J connectivity index is 1.77. The number of amides is 1. The summed E-state index contributed by atoms with van der Waals surface area (Å²) in [6.07, 6.45) is 0.817. The van der Waals surface area contributed by atoms with Crippen LogP contribution >= 0.6 is 23.4 Å². The lowest BCUT2D eigenvalue weighted by Gasteiger charge is -2.10. The van der Waals surface area contributed by atoms with E-state index in [0.29, 0.717) is 17.3 Å². The van der Waals surface area contributed by atoms with Gasteiger partial charge in [-0.2, -0.15) is 0 Å². The number of benzene rings is 1. The van der Waals surface area contributed by atoms with Gasteiger partial charge in [-0.1, -0.05) is 41.9 Å². The zero-order valence-corrected chi connectivity index (χ0v) is 14.2. The summed E-state index contributed by atoms with van der Waals surface area (Å²) in [5, 5.41) is 7.57. The summed E-state index contributed by atoms with van der Waals surface area (Å²) in [4.78, 5) is 12.0. The van der Waals surface area contributed by atoms with Crippen LogP contribution in [0.2, 0.25) is 5.02 Å². The second kappa shape index (κ2) is 8.25. The zero-order valence-electron chi connectivity index (χ0n) is 12.6. The minimum atomic E-state index is -0.179. The molecule has 0 bridgehead atoms. The fraction of sp³-hybridized carbons (Fsp3) is 0.375. The van der Waals surface area contributed by atoms with Gasteiger partial charge in [0.25, 0.3) is 0 Å². The van der Waals surface area contributed by atoms with E-state index >= 15 is 0 Å². The average Bonchev–Trinajstić information content (AvgIpc) is 2.98. The number of aromatic nitrogens is 1. The van der Waals surface area contributed by atoms with Crippen LogP contribution in [0.3, 0.4) is 0 Å². The third-order valence-electron chi connectivity index (χ3n) is 3.19. The molecule has 1 amide bonds. The van der Waals surface area contributed by atoms with Gasteiger partial charge in [-0.15, -0.1) is 11.8 Å². The summed E-state index contributed by atoms with van der Waals surface area (Å²) >= 11 is 7.62. The third-order valence-corrected chi connectivity index (χ3v) is 4.54. The first-order chi connectivity index (χ1) is 10.6. The highest BCUT2D eigenvalue weighted by Crippen LogP contribution is 2.21. The van der Waals surface area contributed by atoms with Gasteiger partial charge in [0.2, 0.25) is 5.91 Å². The molecule has 0 radical (unpaired) electrons. The van der Waals surface area contributed by atoms with Crippen LogP contribution in [0, 0.1) is 0 Å². The Hall–Kier alpha value is -1.46. The van der Waals surface area contributed by atoms with Gasteiger partial charge >= 0.3 is 0 Å². The van der Waals surface area contributed by atoms with Crippen LogP contribution in [0.5, 0.6) is 0 Å². The van der Waals surface area contributed by atoms with Crippen molar-refractivity contribution in [2.24, 2.45) is 0 Å². The van der Waals surface area contributed by atoms with Gasteiger partial charge in [0.05, 0.1) is 17.5 Å². The van der Waals surface area contributed by atoms with Crippen LogP contribution in [0.15, 0.2) is 34.9 Å². The Bertz CT molecular complexity index is 630. The summed E-state index contributed by atoms with van der Waals surface area (Å²) in [7, 11) is 0. The standard InChI is InChI=1S/C16H19ClN2O2S/c1-3-13-8-15(21-19-13)11(2)18-16(20)10-22-9-12-6-4-5-7-14(12)17/h4-8,11H,3,9-10H2,1-2H3,(H,18,20)/t11-/m0/s1. The molecule has 1 aromatic heterocycles. The summed E-state index contributed by atoms with van der Waals surface area (Å²) in [5.41, 5.74) is 1.93. The molecule has 6 heteroatoms. The van der Waals surface area contributed by atoms with E-state index < -0.39 is 0 Å². The number of hydrogen-bond acceptors (Lipinski definition) is 4. The predicted octanol–water partition coefficient (Wildman–Crippen LogP) is 4.00. The molecule has 118 valence electrons. The molecule has 0 aliphatic carbocycles. The number of halogens is 1. The van der Waals surface area contributed by atoms with E-state index in [0.717, 1.165) is 22.7 Å². The maximum Gasteiger partial charge on any atom is 0.230 e. The molecule has 22 heavy (non-hydrogen) atoms. The van der Waals surface area contributed by atoms with Crippen LogP contribution in [0.1, 0.15) is 36.9 Å². The van der Waals surface area contributed by atoms with E-state index in [1.165, 1.54) is 11.8 Å². The molecule has 0 aliphatic heterocycles. The molecule has 0 aliphatic rings. The van der Waals surface area contributed by atoms with Gasteiger partial charge in [-0.3, -0.25) is 4.79 Å². The Morgan fingerprint density at radius 2 is 2.23 bits per heavy atom. The monoisotopic (exact) mass is 338 g/mol. The summed E-state index contributed by atoms with van der Waals surface area (Å²) in [5.74, 6) is 1.74. The molecule has 0 fully saturated rings. The SMILES string of the molecule is CCc1cc([C@H](C)NC(=O)CSCc2ccccc2Cl)on1. The second-order valence-corrected chi connectivity index (χ2v) is 6.34. The van der Waals surface area contributed by atoms with Crippen molar-refractivity contribution in [2.75, 3.05) is 5.75 Å². The van der Waals surface area contributed by atoms with E-state index in [9.17, 15) is 4.79 Å². The second-order valence-electron chi connectivity index (χ2n) is 4.95. The van der Waals surface area contributed by atoms with Crippen molar-refractivity contribution in [3.8, 4) is 0 Å². The molecule has 2 rings (SSSR count). The van der Waals surface area contributed by atoms with Gasteiger partial charge in [-0.05, 0) is 25.0 Å². The number of thioether (sulfide) groups is 1. The molecular formula is C16H19ClN2O2S. The maximum absolute atomic E-state index is 12.0. The van der Waals surface area contributed by atoms with Gasteiger partial charge in [-0.25, -0.2) is 0 Å². The molecule has 4 nitrogen and oxygen atoms in total. The Morgan fingerprint density at radius 1 is 1.45 bits per heavy atom. The van der Waals surface area contributed by atoms with Gasteiger partial charge in [0, 0.05) is 16.8 Å². The fourth-order valence-corrected chi connectivity index (χ4v) is 3.05. The maximum atomic E-state index is 12.0. The van der Waals surface area contributed by atoms with E-state index in [1.54, 1.807) is 0 Å². The average molecular weight is 339 g/mol. The van der Waals surface area contributed by atoms with E-state index in [2.05, 4.69) is 10.5 Å². The smallest absolute Gasteiger partial charge is 0.230 e. The summed E-state index contributed by atoms with van der Waals surface area (Å²) in [6, 6.07) is 9.36. The minimum absolute atomic E-state index is 0.0287. The van der Waals surface area contributed by atoms with E-state index in [-0.39, 0.29) is 11.9 Å². The number of carbonyl (C=O) groups excluding carboxylic acids is 1. The van der Waals surface area contributed by atoms with Crippen LogP contribution in [-0.2, 0) is 17.0 Å². The highest BCUT2D eigenvalue weighted by Gasteiger charge is 2.14. The molecule has 1 N–H and O–H groups in total. The number of carbonyl (C=O) groups is 1. The number of aryl methyl sites for hydroxylation is 1. The predicted molar refractivity (Wildman–Crippen MR) is 90.1 cm³/mol. The third kappa shape index (κ3) is 4.78. The van der Waals surface area contributed by atoms with Crippen molar-refractivity contribution in [2.45, 2.75) is 32.1 Å². The Morgan fingerprint density at radius 3 is 2.91 bits per heavy atom. The van der Waals surface area contributed by atoms with Gasteiger partial charge < -0.3 is 9.84 Å². The molecule has 0 saturated carbocycles. The molecule has 0 saturated heterocycles. The zero-order chi connectivity index (χ0) is 15.9.